The molecule has 0 bridgehead atoms. The Morgan fingerprint density at radius 3 is 2.66 bits per heavy atom. The number of carbonyl (C=O) groups is 2. The van der Waals surface area contributed by atoms with E-state index < -0.39 is 34.0 Å². The number of fused-ring (bicyclic) bond motifs is 2. The lowest BCUT2D eigenvalue weighted by atomic mass is 10.0. The van der Waals surface area contributed by atoms with Crippen LogP contribution in [0.1, 0.15) is 55.7 Å². The van der Waals surface area contributed by atoms with Gasteiger partial charge in [-0.05, 0) is 52.9 Å². The van der Waals surface area contributed by atoms with E-state index in [0.717, 1.165) is 16.7 Å². The predicted octanol–water partition coefficient (Wildman–Crippen LogP) is 0.479. The number of nitrogens with two attached hydrogens (primary N) is 1. The number of hydrogen-bond acceptors (Lipinski definition) is 11. The summed E-state index contributed by atoms with van der Waals surface area (Å²) in [5.74, 6) is -1.28. The molecule has 0 saturated heterocycles. The summed E-state index contributed by atoms with van der Waals surface area (Å²) in [7, 11) is 0. The summed E-state index contributed by atoms with van der Waals surface area (Å²) in [5, 5.41) is 24.9. The van der Waals surface area contributed by atoms with Crippen molar-refractivity contribution >= 4 is 28.8 Å². The highest BCUT2D eigenvalue weighted by Crippen LogP contribution is 2.33. The molecule has 0 radical (unpaired) electrons. The third-order valence-electron chi connectivity index (χ3n) is 8.02. The molecule has 0 saturated carbocycles. The van der Waals surface area contributed by atoms with Crippen LogP contribution in [0.4, 0.5) is 15.8 Å². The van der Waals surface area contributed by atoms with Gasteiger partial charge in [-0.2, -0.15) is 5.21 Å². The van der Waals surface area contributed by atoms with Crippen molar-refractivity contribution < 1.29 is 14.0 Å². The van der Waals surface area contributed by atoms with E-state index in [4.69, 9.17) is 5.73 Å². The van der Waals surface area contributed by atoms with Crippen molar-refractivity contribution in [2.75, 3.05) is 11.1 Å². The van der Waals surface area contributed by atoms with E-state index in [0.29, 0.717) is 24.2 Å². The number of aryl methyl sites for hydroxylation is 1. The molecule has 236 valence electrons. The predicted molar refractivity (Wildman–Crippen MR) is 165 cm³/mol. The van der Waals surface area contributed by atoms with Gasteiger partial charge in [-0.3, -0.25) is 29.1 Å². The zero-order valence-electron chi connectivity index (χ0n) is 24.3. The van der Waals surface area contributed by atoms with Crippen LogP contribution < -0.4 is 38.1 Å². The van der Waals surface area contributed by atoms with E-state index in [1.165, 1.54) is 34.8 Å². The molecule has 47 heavy (non-hydrogen) atoms. The number of tetrazole rings is 1. The second kappa shape index (κ2) is 11.4. The summed E-state index contributed by atoms with van der Waals surface area (Å²) in [4.78, 5) is 66.2. The Labute approximate surface area is 261 Å². The monoisotopic (exact) mass is 637 g/mol. The molecule has 3 heterocycles. The Balaban J connectivity index is 1.07. The first-order chi connectivity index (χ1) is 22.7. The van der Waals surface area contributed by atoms with Gasteiger partial charge < -0.3 is 21.7 Å². The standard InChI is InChI=1S/C30H24FN11O5/c31-18-5-1-13(7-16(18)12-33-25-24(32)26(44)27(25)45)11-34-29(46)20-9-21(42-22(35-20)10-23(43)39-42)30(47)36-19-6-3-14-8-15(2-4-17(14)19)28-37-40-41-38-28/h1-2,4-5,7-10,19,33H,3,6,11-12,32H2,(H,34,46)(H,36,47)(H,39,43)(H,37,38,40,41)/t19-/m0/s1. The fourth-order valence-electron chi connectivity index (χ4n) is 5.62. The fraction of sp³-hybridized carbons (Fsp3) is 0.167. The van der Waals surface area contributed by atoms with Gasteiger partial charge in [-0.1, -0.05) is 18.2 Å². The number of rotatable bonds is 9. The Kier molecular flexibility index (Phi) is 7.11. The SMILES string of the molecule is Nc1c(NCc2cc(CNC(=O)c3cc(C(=O)N[C@H]4CCc5cc(-c6nn[nH]n6)ccc54)n4[nH]c(=O)cc4n3)ccc2F)c(=O)c1=O. The highest BCUT2D eigenvalue weighted by Gasteiger charge is 2.27. The molecule has 1 atom stereocenters. The molecule has 0 fully saturated rings. The van der Waals surface area contributed by atoms with E-state index in [1.807, 2.05) is 18.2 Å². The average Bonchev–Trinajstić information content (AvgIpc) is 3.84. The van der Waals surface area contributed by atoms with Gasteiger partial charge in [0, 0.05) is 36.3 Å². The zero-order chi connectivity index (χ0) is 32.8. The molecule has 1 aliphatic rings. The van der Waals surface area contributed by atoms with Gasteiger partial charge in [0.2, 0.25) is 5.82 Å². The highest BCUT2D eigenvalue weighted by atomic mass is 19.1. The number of nitrogens with one attached hydrogen (secondary N) is 5. The van der Waals surface area contributed by atoms with E-state index >= 15 is 0 Å². The summed E-state index contributed by atoms with van der Waals surface area (Å²) in [6, 6.07) is 12.0. The van der Waals surface area contributed by atoms with Crippen LogP contribution in [0, 0.1) is 5.82 Å². The molecule has 7 N–H and O–H groups in total. The van der Waals surface area contributed by atoms with Gasteiger partial charge in [0.1, 0.15) is 28.6 Å². The Morgan fingerprint density at radius 1 is 1.02 bits per heavy atom. The van der Waals surface area contributed by atoms with Crippen molar-refractivity contribution in [3.05, 3.63) is 119 Å². The molecule has 0 spiro atoms. The zero-order valence-corrected chi connectivity index (χ0v) is 24.3. The number of halogens is 1. The van der Waals surface area contributed by atoms with Gasteiger partial charge in [0.15, 0.2) is 5.65 Å². The lowest BCUT2D eigenvalue weighted by Crippen LogP contribution is -2.37. The number of aromatic amines is 2. The van der Waals surface area contributed by atoms with E-state index in [2.05, 4.69) is 46.7 Å². The molecule has 2 amide bonds. The molecule has 6 aromatic rings. The van der Waals surface area contributed by atoms with Crippen LogP contribution >= 0.6 is 0 Å². The van der Waals surface area contributed by atoms with Gasteiger partial charge in [0.05, 0.1) is 6.04 Å². The van der Waals surface area contributed by atoms with Crippen LogP contribution in [-0.2, 0) is 19.5 Å². The Hall–Kier alpha value is -6.52. The average molecular weight is 638 g/mol. The Morgan fingerprint density at radius 2 is 1.87 bits per heavy atom. The summed E-state index contributed by atoms with van der Waals surface area (Å²) in [5.41, 5.74) is 6.56. The number of carbonyl (C=O) groups excluding carboxylic acids is 2. The van der Waals surface area contributed by atoms with Crippen LogP contribution in [0.5, 0.6) is 0 Å². The van der Waals surface area contributed by atoms with E-state index in [1.54, 1.807) is 0 Å². The van der Waals surface area contributed by atoms with Crippen LogP contribution in [0.25, 0.3) is 17.0 Å². The second-order valence-electron chi connectivity index (χ2n) is 11.0. The first-order valence-corrected chi connectivity index (χ1v) is 14.3. The maximum Gasteiger partial charge on any atom is 0.270 e. The number of anilines is 2. The molecule has 16 nitrogen and oxygen atoms in total. The quantitative estimate of drug-likeness (QED) is 0.119. The van der Waals surface area contributed by atoms with E-state index in [9.17, 15) is 28.4 Å². The minimum atomic E-state index is -0.790. The van der Waals surface area contributed by atoms with Crippen LogP contribution in [0.2, 0.25) is 0 Å². The topological polar surface area (TPSA) is 235 Å². The van der Waals surface area contributed by atoms with Gasteiger partial charge in [0.25, 0.3) is 28.2 Å². The summed E-state index contributed by atoms with van der Waals surface area (Å²) >= 11 is 0. The van der Waals surface area contributed by atoms with E-state index in [-0.39, 0.29) is 53.1 Å². The number of amides is 2. The van der Waals surface area contributed by atoms with Crippen molar-refractivity contribution in [1.29, 1.82) is 0 Å². The first-order valence-electron chi connectivity index (χ1n) is 14.3. The number of aromatic nitrogens is 7. The number of hydrogen-bond donors (Lipinski definition) is 6. The summed E-state index contributed by atoms with van der Waals surface area (Å²) < 4.78 is 15.7. The molecular weight excluding hydrogens is 613 g/mol. The van der Waals surface area contributed by atoms with Crippen LogP contribution in [0.3, 0.4) is 0 Å². The minimum Gasteiger partial charge on any atom is -0.394 e. The molecule has 3 aromatic heterocycles. The molecule has 0 unspecified atom stereocenters. The lowest BCUT2D eigenvalue weighted by Gasteiger charge is -2.16. The largest absolute Gasteiger partial charge is 0.394 e. The van der Waals surface area contributed by atoms with Gasteiger partial charge in [-0.25, -0.2) is 13.9 Å². The van der Waals surface area contributed by atoms with Gasteiger partial charge in [-0.15, -0.1) is 10.2 Å². The normalized spacial score (nSPS) is 13.9. The number of H-pyrrole nitrogens is 2. The van der Waals surface area contributed by atoms with Crippen molar-refractivity contribution in [1.82, 2.24) is 45.9 Å². The molecule has 7 rings (SSSR count). The molecule has 0 aliphatic heterocycles. The van der Waals surface area contributed by atoms with Crippen molar-refractivity contribution in [3.63, 3.8) is 0 Å². The maximum atomic E-state index is 14.4. The van der Waals surface area contributed by atoms with Gasteiger partial charge >= 0.3 is 0 Å². The smallest absolute Gasteiger partial charge is 0.270 e. The van der Waals surface area contributed by atoms with Crippen molar-refractivity contribution in [2.24, 2.45) is 0 Å². The number of nitrogens with zero attached hydrogens (tertiary/aromatic N) is 5. The third-order valence-corrected chi connectivity index (χ3v) is 8.02. The molecule has 17 heteroatoms. The third kappa shape index (κ3) is 5.39. The first kappa shape index (κ1) is 29.2. The Bertz CT molecular complexity index is 2340. The molecule has 1 aliphatic carbocycles. The maximum absolute atomic E-state index is 14.4. The summed E-state index contributed by atoms with van der Waals surface area (Å²) in [6.07, 6.45) is 1.34. The highest BCUT2D eigenvalue weighted by molar-refractivity contribution is 5.98. The lowest BCUT2D eigenvalue weighted by molar-refractivity contribution is 0.0929. The second-order valence-corrected chi connectivity index (χ2v) is 11.0. The number of benzene rings is 2. The van der Waals surface area contributed by atoms with Crippen molar-refractivity contribution in [3.8, 4) is 11.4 Å². The van der Waals surface area contributed by atoms with Crippen molar-refractivity contribution in [2.45, 2.75) is 32.0 Å². The minimum absolute atomic E-state index is 0.00754. The van der Waals surface area contributed by atoms with Crippen LogP contribution in [0.15, 0.2) is 62.9 Å². The van der Waals surface area contributed by atoms with Crippen LogP contribution in [-0.4, -0.2) is 47.0 Å². The summed E-state index contributed by atoms with van der Waals surface area (Å²) in [6.45, 7) is -0.152. The molecule has 3 aromatic carbocycles. The molecular formula is C30H24FN11O5. The number of nitrogen functional groups attached to an aromatic ring is 1. The fourth-order valence-corrected chi connectivity index (χ4v) is 5.62.